The molecule has 2 N–H and O–H groups in total. The molecule has 1 unspecified atom stereocenters. The standard InChI is InChI=1S/C11H19N3O/c1-4-10(2,7-12)9-13-8(14-15-9)11(3)5-6-11/h4-7,12H2,1-3H3. The van der Waals surface area contributed by atoms with Gasteiger partial charge >= 0.3 is 0 Å². The average molecular weight is 209 g/mol. The molecule has 4 heteroatoms. The summed E-state index contributed by atoms with van der Waals surface area (Å²) in [6.45, 7) is 6.88. The molecule has 15 heavy (non-hydrogen) atoms. The fraction of sp³-hybridized carbons (Fsp3) is 0.818. The van der Waals surface area contributed by atoms with E-state index in [1.807, 2.05) is 0 Å². The highest BCUT2D eigenvalue weighted by atomic mass is 16.5. The fourth-order valence-electron chi connectivity index (χ4n) is 1.51. The Bertz CT molecular complexity index is 350. The number of rotatable bonds is 4. The molecule has 0 spiro atoms. The lowest BCUT2D eigenvalue weighted by atomic mass is 9.87. The first-order valence-electron chi connectivity index (χ1n) is 5.59. The minimum Gasteiger partial charge on any atom is -0.339 e. The van der Waals surface area contributed by atoms with E-state index in [4.69, 9.17) is 10.3 Å². The van der Waals surface area contributed by atoms with E-state index in [1.165, 1.54) is 0 Å². The zero-order valence-corrected chi connectivity index (χ0v) is 9.71. The number of hydrogen-bond acceptors (Lipinski definition) is 4. The van der Waals surface area contributed by atoms with Gasteiger partial charge in [-0.1, -0.05) is 19.0 Å². The molecule has 1 aliphatic rings. The largest absolute Gasteiger partial charge is 0.339 e. The number of hydrogen-bond donors (Lipinski definition) is 1. The van der Waals surface area contributed by atoms with Gasteiger partial charge in [-0.05, 0) is 26.2 Å². The van der Waals surface area contributed by atoms with Gasteiger partial charge in [0.25, 0.3) is 0 Å². The van der Waals surface area contributed by atoms with E-state index in [0.717, 1.165) is 25.1 Å². The minimum absolute atomic E-state index is 0.170. The van der Waals surface area contributed by atoms with E-state index in [2.05, 4.69) is 30.9 Å². The van der Waals surface area contributed by atoms with Crippen LogP contribution in [0.5, 0.6) is 0 Å². The summed E-state index contributed by atoms with van der Waals surface area (Å²) >= 11 is 0. The van der Waals surface area contributed by atoms with Gasteiger partial charge in [-0.3, -0.25) is 0 Å². The van der Waals surface area contributed by atoms with Crippen LogP contribution in [0.15, 0.2) is 4.52 Å². The van der Waals surface area contributed by atoms with Gasteiger partial charge < -0.3 is 10.3 Å². The highest BCUT2D eigenvalue weighted by Gasteiger charge is 2.44. The molecule has 0 bridgehead atoms. The van der Waals surface area contributed by atoms with Crippen molar-refractivity contribution in [1.82, 2.24) is 10.1 Å². The Morgan fingerprint density at radius 3 is 2.67 bits per heavy atom. The van der Waals surface area contributed by atoms with Crippen molar-refractivity contribution >= 4 is 0 Å². The van der Waals surface area contributed by atoms with Gasteiger partial charge in [-0.2, -0.15) is 4.98 Å². The Morgan fingerprint density at radius 2 is 2.20 bits per heavy atom. The molecule has 84 valence electrons. The van der Waals surface area contributed by atoms with Crippen molar-refractivity contribution in [3.63, 3.8) is 0 Å². The summed E-state index contributed by atoms with van der Waals surface area (Å²) in [4.78, 5) is 4.50. The lowest BCUT2D eigenvalue weighted by Gasteiger charge is -2.20. The second-order valence-electron chi connectivity index (χ2n) is 5.10. The molecule has 0 aromatic carbocycles. The SMILES string of the molecule is CCC(C)(CN)c1nc(C2(C)CC2)no1. The molecule has 1 atom stereocenters. The van der Waals surface area contributed by atoms with Crippen LogP contribution in [-0.2, 0) is 10.8 Å². The third kappa shape index (κ3) is 1.67. The predicted octanol–water partition coefficient (Wildman–Crippen LogP) is 1.75. The first-order valence-corrected chi connectivity index (χ1v) is 5.59. The molecule has 1 fully saturated rings. The van der Waals surface area contributed by atoms with E-state index >= 15 is 0 Å². The monoisotopic (exact) mass is 209 g/mol. The quantitative estimate of drug-likeness (QED) is 0.820. The van der Waals surface area contributed by atoms with Gasteiger partial charge in [-0.25, -0.2) is 0 Å². The van der Waals surface area contributed by atoms with E-state index in [-0.39, 0.29) is 10.8 Å². The van der Waals surface area contributed by atoms with Crippen molar-refractivity contribution in [2.24, 2.45) is 5.73 Å². The summed E-state index contributed by atoms with van der Waals surface area (Å²) in [6, 6.07) is 0. The van der Waals surface area contributed by atoms with E-state index in [1.54, 1.807) is 0 Å². The molecule has 4 nitrogen and oxygen atoms in total. The van der Waals surface area contributed by atoms with Crippen molar-refractivity contribution in [1.29, 1.82) is 0 Å². The highest BCUT2D eigenvalue weighted by molar-refractivity contribution is 5.16. The van der Waals surface area contributed by atoms with Gasteiger partial charge in [-0.15, -0.1) is 0 Å². The second kappa shape index (κ2) is 3.30. The summed E-state index contributed by atoms with van der Waals surface area (Å²) in [5.41, 5.74) is 5.76. The van der Waals surface area contributed by atoms with E-state index in [0.29, 0.717) is 12.4 Å². The van der Waals surface area contributed by atoms with Crippen molar-refractivity contribution in [3.05, 3.63) is 11.7 Å². The Morgan fingerprint density at radius 1 is 1.53 bits per heavy atom. The third-order valence-corrected chi connectivity index (χ3v) is 3.71. The molecule has 1 saturated carbocycles. The van der Waals surface area contributed by atoms with Crippen LogP contribution in [0.25, 0.3) is 0 Å². The summed E-state index contributed by atoms with van der Waals surface area (Å²) in [5.74, 6) is 1.54. The van der Waals surface area contributed by atoms with Crippen molar-refractivity contribution in [3.8, 4) is 0 Å². The van der Waals surface area contributed by atoms with Crippen LogP contribution in [0.2, 0.25) is 0 Å². The Labute approximate surface area is 90.2 Å². The van der Waals surface area contributed by atoms with Crippen LogP contribution >= 0.6 is 0 Å². The number of nitrogens with two attached hydrogens (primary N) is 1. The van der Waals surface area contributed by atoms with E-state index < -0.39 is 0 Å². The van der Waals surface area contributed by atoms with Crippen LogP contribution in [0.3, 0.4) is 0 Å². The molecule has 0 radical (unpaired) electrons. The summed E-state index contributed by atoms with van der Waals surface area (Å²) in [6.07, 6.45) is 3.25. The summed E-state index contributed by atoms with van der Waals surface area (Å²) in [7, 11) is 0. The zero-order valence-electron chi connectivity index (χ0n) is 9.71. The Kier molecular flexibility index (Phi) is 2.34. The van der Waals surface area contributed by atoms with Crippen LogP contribution in [-0.4, -0.2) is 16.7 Å². The molecule has 1 aliphatic carbocycles. The molecule has 1 heterocycles. The first-order chi connectivity index (χ1) is 7.04. The minimum atomic E-state index is -0.170. The molecular formula is C11H19N3O. The molecule has 0 aliphatic heterocycles. The van der Waals surface area contributed by atoms with Crippen LogP contribution in [0, 0.1) is 0 Å². The van der Waals surface area contributed by atoms with Gasteiger partial charge in [0.05, 0.1) is 5.41 Å². The molecule has 0 saturated heterocycles. The lowest BCUT2D eigenvalue weighted by Crippen LogP contribution is -2.31. The van der Waals surface area contributed by atoms with Crippen molar-refractivity contribution in [2.45, 2.75) is 50.9 Å². The molecule has 1 aromatic rings. The van der Waals surface area contributed by atoms with Gasteiger partial charge in [0, 0.05) is 12.0 Å². The average Bonchev–Trinajstić information content (AvgIpc) is 2.83. The lowest BCUT2D eigenvalue weighted by molar-refractivity contribution is 0.288. The van der Waals surface area contributed by atoms with Crippen LogP contribution in [0.1, 0.15) is 51.7 Å². The maximum Gasteiger partial charge on any atom is 0.233 e. The maximum absolute atomic E-state index is 5.76. The van der Waals surface area contributed by atoms with Crippen molar-refractivity contribution < 1.29 is 4.52 Å². The maximum atomic E-state index is 5.76. The molecular weight excluding hydrogens is 190 g/mol. The second-order valence-corrected chi connectivity index (χ2v) is 5.10. The molecule has 0 amide bonds. The zero-order chi connectivity index (χ0) is 11.1. The van der Waals surface area contributed by atoms with Gasteiger partial charge in [0.15, 0.2) is 5.82 Å². The number of nitrogens with zero attached hydrogens (tertiary/aromatic N) is 2. The number of aromatic nitrogens is 2. The summed E-state index contributed by atoms with van der Waals surface area (Å²) in [5, 5.41) is 4.07. The highest BCUT2D eigenvalue weighted by Crippen LogP contribution is 2.46. The predicted molar refractivity (Wildman–Crippen MR) is 57.6 cm³/mol. The first kappa shape index (κ1) is 10.6. The topological polar surface area (TPSA) is 64.9 Å². The normalized spacial score (nSPS) is 22.4. The third-order valence-electron chi connectivity index (χ3n) is 3.71. The molecule has 2 rings (SSSR count). The fourth-order valence-corrected chi connectivity index (χ4v) is 1.51. The van der Waals surface area contributed by atoms with Crippen LogP contribution < -0.4 is 5.73 Å². The Hall–Kier alpha value is -0.900. The smallest absolute Gasteiger partial charge is 0.233 e. The Balaban J connectivity index is 2.26. The molecule has 1 aromatic heterocycles. The summed E-state index contributed by atoms with van der Waals surface area (Å²) < 4.78 is 5.34. The van der Waals surface area contributed by atoms with Crippen LogP contribution in [0.4, 0.5) is 0 Å². The van der Waals surface area contributed by atoms with Gasteiger partial charge in [0.1, 0.15) is 0 Å². The van der Waals surface area contributed by atoms with Gasteiger partial charge in [0.2, 0.25) is 5.89 Å². The van der Waals surface area contributed by atoms with Crippen molar-refractivity contribution in [2.75, 3.05) is 6.54 Å². The van der Waals surface area contributed by atoms with E-state index in [9.17, 15) is 0 Å².